The average molecular weight is 678 g/mol. The van der Waals surface area contributed by atoms with Crippen LogP contribution in [0.4, 0.5) is 52.7 Å². The van der Waals surface area contributed by atoms with E-state index in [0.29, 0.717) is 24.3 Å². The molecule has 3 aromatic carbocycles. The summed E-state index contributed by atoms with van der Waals surface area (Å²) in [5, 5.41) is -1.79. The van der Waals surface area contributed by atoms with E-state index in [4.69, 9.17) is 7.45 Å². The summed E-state index contributed by atoms with van der Waals surface area (Å²) in [5.74, 6) is -1.40. The van der Waals surface area contributed by atoms with E-state index in [1.807, 2.05) is 0 Å². The topological polar surface area (TPSA) is 35.5 Å². The van der Waals surface area contributed by atoms with Gasteiger partial charge in [0.1, 0.15) is 0 Å². The molecule has 0 fully saturated rings. The number of alkyl halides is 12. The fourth-order valence-corrected chi connectivity index (χ4v) is 18.0. The average Bonchev–Trinajstić information content (AvgIpc) is 3.32. The van der Waals surface area contributed by atoms with Crippen LogP contribution in [0.5, 0.6) is 0 Å². The van der Waals surface area contributed by atoms with E-state index < -0.39 is 85.4 Å². The molecular formula is C26H15AsF12O3. The monoisotopic (exact) mass is 678 g/mol. The van der Waals surface area contributed by atoms with Crippen molar-refractivity contribution in [1.82, 2.24) is 0 Å². The van der Waals surface area contributed by atoms with Crippen molar-refractivity contribution in [3.05, 3.63) is 95.6 Å². The summed E-state index contributed by atoms with van der Waals surface area (Å²) < 4.78 is 184. The van der Waals surface area contributed by atoms with E-state index in [9.17, 15) is 57.5 Å². The van der Waals surface area contributed by atoms with Crippen molar-refractivity contribution in [2.75, 3.05) is 0 Å². The number of ketones is 1. The van der Waals surface area contributed by atoms with Crippen LogP contribution in [0.25, 0.3) is 0 Å². The van der Waals surface area contributed by atoms with Gasteiger partial charge >= 0.3 is 229 Å². The molecule has 0 bridgehead atoms. The predicted octanol–water partition coefficient (Wildman–Crippen LogP) is 6.78. The number of hydrogen-bond acceptors (Lipinski definition) is 3. The second-order valence-corrected chi connectivity index (χ2v) is 17.8. The molecule has 2 heterocycles. The minimum absolute atomic E-state index is 0.246. The number of hydrogen-bond donors (Lipinski definition) is 0. The standard InChI is InChI=1S/C26H15AsF12O3/c28-23(29,30)21(24(31,32)33)16-10-4-6-12-18(16)27(41-21,14-20(40)15-8-2-1-3-9-15)19-13-7-5-11-17(19)22(42-27,25(34,35)36)26(37,38)39/h1-13H,14H2. The molecule has 0 saturated heterocycles. The Labute approximate surface area is 229 Å². The second-order valence-electron chi connectivity index (χ2n) is 9.64. The molecule has 0 aliphatic carbocycles. The quantitative estimate of drug-likeness (QED) is 0.174. The van der Waals surface area contributed by atoms with Crippen molar-refractivity contribution in [1.29, 1.82) is 0 Å². The number of benzene rings is 3. The molecule has 3 nitrogen and oxygen atoms in total. The molecule has 0 atom stereocenters. The van der Waals surface area contributed by atoms with Crippen molar-refractivity contribution in [3.63, 3.8) is 0 Å². The first kappa shape index (κ1) is 30.4. The Hall–Kier alpha value is -3.03. The van der Waals surface area contributed by atoms with E-state index in [-0.39, 0.29) is 12.1 Å². The maximum absolute atomic E-state index is 14.7. The van der Waals surface area contributed by atoms with Gasteiger partial charge in [-0.25, -0.2) is 0 Å². The van der Waals surface area contributed by atoms with E-state index in [2.05, 4.69) is 0 Å². The molecule has 0 amide bonds. The molecule has 2 aliphatic heterocycles. The Balaban J connectivity index is 2.02. The van der Waals surface area contributed by atoms with E-state index in [1.54, 1.807) is 0 Å². The molecule has 1 spiro atoms. The summed E-state index contributed by atoms with van der Waals surface area (Å²) in [6, 6.07) is 10.4. The summed E-state index contributed by atoms with van der Waals surface area (Å²) in [7, 11) is 0. The molecule has 3 aromatic rings. The summed E-state index contributed by atoms with van der Waals surface area (Å²) in [6.07, 6.45) is -26.0. The fourth-order valence-electron chi connectivity index (χ4n) is 5.70. The molecule has 0 saturated carbocycles. The Kier molecular flexibility index (Phi) is 6.35. The van der Waals surface area contributed by atoms with Gasteiger partial charge in [-0.15, -0.1) is 0 Å². The zero-order chi connectivity index (χ0) is 31.2. The summed E-state index contributed by atoms with van der Waals surface area (Å²) in [4.78, 5) is 13.6. The van der Waals surface area contributed by atoms with Crippen LogP contribution in [0.1, 0.15) is 21.5 Å². The van der Waals surface area contributed by atoms with Crippen LogP contribution < -0.4 is 8.70 Å². The van der Waals surface area contributed by atoms with Crippen molar-refractivity contribution in [2.24, 2.45) is 0 Å². The Morgan fingerprint density at radius 1 is 0.548 bits per heavy atom. The van der Waals surface area contributed by atoms with E-state index in [0.717, 1.165) is 24.3 Å². The Bertz CT molecular complexity index is 1440. The van der Waals surface area contributed by atoms with Gasteiger partial charge in [-0.2, -0.15) is 0 Å². The number of carbonyl (C=O) groups is 1. The predicted molar refractivity (Wildman–Crippen MR) is 123 cm³/mol. The first-order valence-corrected chi connectivity index (χ1v) is 16.4. The SMILES string of the molecule is O=C(C[As]12(OC(C(F)(F)F)(C(F)(F)F)c3ccccc31)OC(C(F)(F)F)(C(F)(F)F)c1ccccc12)c1ccccc1. The van der Waals surface area contributed by atoms with Gasteiger partial charge in [0.25, 0.3) is 0 Å². The Morgan fingerprint density at radius 3 is 1.24 bits per heavy atom. The summed E-state index contributed by atoms with van der Waals surface area (Å²) in [5.41, 5.74) is -14.9. The molecule has 0 unspecified atom stereocenters. The third kappa shape index (κ3) is 3.62. The number of fused-ring (bicyclic) bond motifs is 4. The molecular weight excluding hydrogens is 663 g/mol. The van der Waals surface area contributed by atoms with Crippen LogP contribution in [-0.4, -0.2) is 43.6 Å². The molecule has 42 heavy (non-hydrogen) atoms. The van der Waals surface area contributed by atoms with Crippen LogP contribution in [0, 0.1) is 0 Å². The van der Waals surface area contributed by atoms with Crippen LogP contribution >= 0.6 is 0 Å². The van der Waals surface area contributed by atoms with Gasteiger partial charge in [0.15, 0.2) is 0 Å². The van der Waals surface area contributed by atoms with Crippen molar-refractivity contribution >= 4 is 27.6 Å². The van der Waals surface area contributed by atoms with Gasteiger partial charge < -0.3 is 0 Å². The van der Waals surface area contributed by atoms with Crippen molar-refractivity contribution < 1.29 is 64.9 Å². The number of rotatable bonds is 3. The maximum atomic E-state index is 14.7. The van der Waals surface area contributed by atoms with Crippen LogP contribution in [0.2, 0.25) is 5.21 Å². The fraction of sp³-hybridized carbons (Fsp3) is 0.269. The first-order valence-electron chi connectivity index (χ1n) is 11.7. The van der Waals surface area contributed by atoms with Crippen LogP contribution in [0.15, 0.2) is 78.9 Å². The zero-order valence-corrected chi connectivity index (χ0v) is 22.3. The van der Waals surface area contributed by atoms with Gasteiger partial charge in [-0.3, -0.25) is 0 Å². The summed E-state index contributed by atoms with van der Waals surface area (Å²) >= 11 is -7.94. The second kappa shape index (κ2) is 8.76. The molecule has 0 N–H and O–H groups in total. The third-order valence-electron chi connectivity index (χ3n) is 7.33. The van der Waals surface area contributed by atoms with Gasteiger partial charge in [-0.1, -0.05) is 0 Å². The number of Topliss-reactive ketones (excluding diaryl/α,β-unsaturated/α-hetero) is 1. The van der Waals surface area contributed by atoms with Crippen molar-refractivity contribution in [2.45, 2.75) is 41.1 Å². The van der Waals surface area contributed by atoms with Crippen LogP contribution in [-0.2, 0) is 18.7 Å². The van der Waals surface area contributed by atoms with E-state index in [1.165, 1.54) is 18.2 Å². The van der Waals surface area contributed by atoms with Gasteiger partial charge in [-0.05, 0) is 0 Å². The molecule has 16 heteroatoms. The van der Waals surface area contributed by atoms with Crippen LogP contribution in [0.3, 0.4) is 0 Å². The normalized spacial score (nSPS) is 21.3. The molecule has 0 radical (unpaired) electrons. The zero-order valence-electron chi connectivity index (χ0n) is 20.4. The molecule has 2 aliphatic rings. The van der Waals surface area contributed by atoms with Gasteiger partial charge in [0.05, 0.1) is 0 Å². The molecule has 226 valence electrons. The third-order valence-corrected chi connectivity index (χ3v) is 17.6. The minimum atomic E-state index is -7.94. The number of carbonyl (C=O) groups excluding carboxylic acids is 1. The van der Waals surface area contributed by atoms with Gasteiger partial charge in [0.2, 0.25) is 0 Å². The van der Waals surface area contributed by atoms with E-state index >= 15 is 0 Å². The Morgan fingerprint density at radius 2 is 0.881 bits per heavy atom. The number of halogens is 12. The van der Waals surface area contributed by atoms with Crippen molar-refractivity contribution in [3.8, 4) is 0 Å². The first-order chi connectivity index (χ1) is 19.2. The summed E-state index contributed by atoms with van der Waals surface area (Å²) in [6.45, 7) is 0. The molecule has 0 aromatic heterocycles. The van der Waals surface area contributed by atoms with Gasteiger partial charge in [0, 0.05) is 0 Å². The molecule has 5 rings (SSSR count).